The first-order valence-corrected chi connectivity index (χ1v) is 7.11. The normalized spacial score (nSPS) is 12.2. The molecule has 0 aliphatic carbocycles. The van der Waals surface area contributed by atoms with E-state index in [4.69, 9.17) is 9.84 Å². The van der Waals surface area contributed by atoms with Crippen molar-refractivity contribution in [1.82, 2.24) is 5.32 Å². The molecule has 22 heavy (non-hydrogen) atoms. The second-order valence-electron chi connectivity index (χ2n) is 4.99. The molecule has 0 radical (unpaired) electrons. The summed E-state index contributed by atoms with van der Waals surface area (Å²) >= 11 is 0. The van der Waals surface area contributed by atoms with Crippen LogP contribution in [0, 0.1) is 11.6 Å². The molecule has 0 aliphatic rings. The first-order chi connectivity index (χ1) is 10.6. The van der Waals surface area contributed by atoms with Crippen molar-refractivity contribution < 1.29 is 18.6 Å². The van der Waals surface area contributed by atoms with Gasteiger partial charge in [-0.25, -0.2) is 8.78 Å². The van der Waals surface area contributed by atoms with Gasteiger partial charge in [0.05, 0.1) is 6.61 Å². The molecule has 0 spiro atoms. The van der Waals surface area contributed by atoms with E-state index in [1.165, 1.54) is 12.1 Å². The van der Waals surface area contributed by atoms with Gasteiger partial charge in [0.2, 0.25) is 0 Å². The Morgan fingerprint density at radius 2 is 1.82 bits per heavy atom. The third-order valence-electron chi connectivity index (χ3n) is 3.31. The van der Waals surface area contributed by atoms with Crippen LogP contribution in [0.25, 0.3) is 0 Å². The lowest BCUT2D eigenvalue weighted by Crippen LogP contribution is -2.19. The zero-order valence-electron chi connectivity index (χ0n) is 12.4. The van der Waals surface area contributed by atoms with Gasteiger partial charge in [-0.05, 0) is 30.7 Å². The second kappa shape index (κ2) is 7.87. The molecule has 1 unspecified atom stereocenters. The van der Waals surface area contributed by atoms with E-state index in [0.717, 1.165) is 11.6 Å². The number of aliphatic hydroxyl groups excluding tert-OH is 1. The van der Waals surface area contributed by atoms with Crippen LogP contribution >= 0.6 is 0 Å². The van der Waals surface area contributed by atoms with Crippen LogP contribution in [0.4, 0.5) is 8.78 Å². The number of rotatable bonds is 7. The van der Waals surface area contributed by atoms with E-state index < -0.39 is 11.6 Å². The minimum atomic E-state index is -0.588. The molecular weight excluding hydrogens is 288 g/mol. The van der Waals surface area contributed by atoms with E-state index in [0.29, 0.717) is 17.9 Å². The number of para-hydroxylation sites is 1. The Labute approximate surface area is 128 Å². The van der Waals surface area contributed by atoms with Crippen molar-refractivity contribution in [3.63, 3.8) is 0 Å². The highest BCUT2D eigenvalue weighted by Gasteiger charge is 2.10. The zero-order chi connectivity index (χ0) is 15.9. The maximum absolute atomic E-state index is 13.2. The number of benzene rings is 2. The predicted molar refractivity (Wildman–Crippen MR) is 80.6 cm³/mol. The van der Waals surface area contributed by atoms with Crippen LogP contribution in [0.5, 0.6) is 5.75 Å². The molecule has 2 aromatic rings. The summed E-state index contributed by atoms with van der Waals surface area (Å²) in [5.74, 6) is -0.493. The highest BCUT2D eigenvalue weighted by Crippen LogP contribution is 2.20. The van der Waals surface area contributed by atoms with Crippen LogP contribution in [0.2, 0.25) is 0 Å². The zero-order valence-corrected chi connectivity index (χ0v) is 12.4. The lowest BCUT2D eigenvalue weighted by atomic mass is 10.1. The van der Waals surface area contributed by atoms with E-state index in [1.807, 2.05) is 31.2 Å². The number of hydrogen-bond donors (Lipinski definition) is 2. The van der Waals surface area contributed by atoms with Crippen LogP contribution in [-0.4, -0.2) is 18.3 Å². The van der Waals surface area contributed by atoms with Crippen molar-refractivity contribution >= 4 is 0 Å². The number of hydrogen-bond acceptors (Lipinski definition) is 3. The van der Waals surface area contributed by atoms with Gasteiger partial charge in [0.25, 0.3) is 0 Å². The minimum absolute atomic E-state index is 0.0548. The van der Waals surface area contributed by atoms with Gasteiger partial charge in [-0.3, -0.25) is 0 Å². The van der Waals surface area contributed by atoms with Crippen LogP contribution in [-0.2, 0) is 6.54 Å². The Morgan fingerprint density at radius 3 is 2.50 bits per heavy atom. The average Bonchev–Trinajstić information content (AvgIpc) is 2.50. The van der Waals surface area contributed by atoms with Crippen LogP contribution < -0.4 is 10.1 Å². The molecule has 0 bridgehead atoms. The van der Waals surface area contributed by atoms with Gasteiger partial charge < -0.3 is 15.2 Å². The summed E-state index contributed by atoms with van der Waals surface area (Å²) in [4.78, 5) is 0. The highest BCUT2D eigenvalue weighted by atomic mass is 19.1. The summed E-state index contributed by atoms with van der Waals surface area (Å²) in [7, 11) is 0. The van der Waals surface area contributed by atoms with Crippen LogP contribution in [0.3, 0.4) is 0 Å². The molecule has 0 heterocycles. The molecule has 0 amide bonds. The largest absolute Gasteiger partial charge is 0.491 e. The van der Waals surface area contributed by atoms with Gasteiger partial charge in [-0.15, -0.1) is 0 Å². The highest BCUT2D eigenvalue weighted by molar-refractivity contribution is 5.33. The summed E-state index contributed by atoms with van der Waals surface area (Å²) < 4.78 is 31.9. The summed E-state index contributed by atoms with van der Waals surface area (Å²) in [6.07, 6.45) is 0. The average molecular weight is 307 g/mol. The monoisotopic (exact) mass is 307 g/mol. The van der Waals surface area contributed by atoms with Gasteiger partial charge in [-0.2, -0.15) is 0 Å². The number of halogens is 2. The quantitative estimate of drug-likeness (QED) is 0.825. The van der Waals surface area contributed by atoms with Gasteiger partial charge in [-0.1, -0.05) is 18.2 Å². The van der Waals surface area contributed by atoms with Crippen molar-refractivity contribution in [3.05, 3.63) is 65.2 Å². The minimum Gasteiger partial charge on any atom is -0.491 e. The molecule has 0 aliphatic heterocycles. The predicted octanol–water partition coefficient (Wildman–Crippen LogP) is 3.19. The third kappa shape index (κ3) is 4.51. The third-order valence-corrected chi connectivity index (χ3v) is 3.31. The van der Waals surface area contributed by atoms with E-state index >= 15 is 0 Å². The molecular formula is C17H19F2NO2. The van der Waals surface area contributed by atoms with Gasteiger partial charge in [0.15, 0.2) is 0 Å². The number of ether oxygens (including phenoxy) is 1. The van der Waals surface area contributed by atoms with Gasteiger partial charge in [0.1, 0.15) is 24.0 Å². The van der Waals surface area contributed by atoms with Crippen LogP contribution in [0.15, 0.2) is 42.5 Å². The Morgan fingerprint density at radius 1 is 1.14 bits per heavy atom. The Bertz CT molecular complexity index is 599. The molecule has 5 heteroatoms. The van der Waals surface area contributed by atoms with Crippen molar-refractivity contribution in [2.24, 2.45) is 0 Å². The molecule has 3 nitrogen and oxygen atoms in total. The molecule has 2 aromatic carbocycles. The van der Waals surface area contributed by atoms with Crippen molar-refractivity contribution in [2.75, 3.05) is 13.2 Å². The molecule has 0 saturated heterocycles. The fourth-order valence-corrected chi connectivity index (χ4v) is 2.15. The first-order valence-electron chi connectivity index (χ1n) is 7.11. The van der Waals surface area contributed by atoms with Crippen molar-refractivity contribution in [3.8, 4) is 5.75 Å². The fourth-order valence-electron chi connectivity index (χ4n) is 2.15. The first kappa shape index (κ1) is 16.4. The molecule has 2 N–H and O–H groups in total. The lowest BCUT2D eigenvalue weighted by Gasteiger charge is -2.16. The molecule has 2 rings (SSSR count). The fraction of sp³-hybridized carbons (Fsp3) is 0.294. The van der Waals surface area contributed by atoms with Crippen molar-refractivity contribution in [2.45, 2.75) is 19.5 Å². The van der Waals surface area contributed by atoms with E-state index in [-0.39, 0.29) is 19.3 Å². The lowest BCUT2D eigenvalue weighted by molar-refractivity contribution is 0.200. The van der Waals surface area contributed by atoms with E-state index in [2.05, 4.69) is 5.32 Å². The summed E-state index contributed by atoms with van der Waals surface area (Å²) in [5.41, 5.74) is 1.46. The Balaban J connectivity index is 2.03. The second-order valence-corrected chi connectivity index (χ2v) is 4.99. The molecule has 0 aromatic heterocycles. The topological polar surface area (TPSA) is 41.5 Å². The van der Waals surface area contributed by atoms with E-state index in [1.54, 1.807) is 0 Å². The van der Waals surface area contributed by atoms with Gasteiger partial charge in [0, 0.05) is 24.2 Å². The molecule has 118 valence electrons. The van der Waals surface area contributed by atoms with Crippen molar-refractivity contribution in [1.29, 1.82) is 0 Å². The maximum atomic E-state index is 13.2. The summed E-state index contributed by atoms with van der Waals surface area (Å²) in [5, 5.41) is 12.0. The number of aliphatic hydroxyl groups is 1. The summed E-state index contributed by atoms with van der Waals surface area (Å²) in [6.45, 7) is 2.49. The smallest absolute Gasteiger partial charge is 0.126 e. The molecule has 1 atom stereocenters. The standard InChI is InChI=1S/C17H19F2NO2/c1-12(14-8-15(18)10-16(19)9-14)20-11-13-4-2-3-5-17(13)22-7-6-21/h2-5,8-10,12,20-21H,6-7,11H2,1H3. The van der Waals surface area contributed by atoms with E-state index in [9.17, 15) is 8.78 Å². The Hall–Kier alpha value is -1.98. The Kier molecular flexibility index (Phi) is 5.86. The van der Waals surface area contributed by atoms with Gasteiger partial charge >= 0.3 is 0 Å². The van der Waals surface area contributed by atoms with Crippen LogP contribution in [0.1, 0.15) is 24.1 Å². The number of nitrogens with one attached hydrogen (secondary N) is 1. The maximum Gasteiger partial charge on any atom is 0.126 e. The molecule has 0 fully saturated rings. The summed E-state index contributed by atoms with van der Waals surface area (Å²) in [6, 6.07) is 10.7. The SMILES string of the molecule is CC(NCc1ccccc1OCCO)c1cc(F)cc(F)c1. The molecule has 0 saturated carbocycles.